The van der Waals surface area contributed by atoms with Gasteiger partial charge in [0.2, 0.25) is 0 Å². The molecule has 1 N–H and O–H groups in total. The first-order chi connectivity index (χ1) is 9.12. The van der Waals surface area contributed by atoms with Crippen LogP contribution in [0.3, 0.4) is 0 Å². The Labute approximate surface area is 116 Å². The van der Waals surface area contributed by atoms with Crippen molar-refractivity contribution in [3.05, 3.63) is 0 Å². The topological polar surface area (TPSA) is 56.8 Å². The number of carbonyl (C=O) groups excluding carboxylic acids is 1. The van der Waals surface area contributed by atoms with Crippen LogP contribution in [0.4, 0.5) is 0 Å². The van der Waals surface area contributed by atoms with Crippen LogP contribution in [0, 0.1) is 0 Å². The number of likely N-dealkylation sites (N-methyl/N-ethyl adjacent to an activating group) is 1. The van der Waals surface area contributed by atoms with Crippen molar-refractivity contribution in [1.82, 2.24) is 5.32 Å². The van der Waals surface area contributed by atoms with E-state index in [1.54, 1.807) is 0 Å². The summed E-state index contributed by atoms with van der Waals surface area (Å²) in [5.74, 6) is -0.162. The molecule has 0 radical (unpaired) electrons. The number of carbonyl (C=O) groups is 1. The van der Waals surface area contributed by atoms with Crippen molar-refractivity contribution in [3.8, 4) is 0 Å². The first-order valence-corrected chi connectivity index (χ1v) is 7.24. The van der Waals surface area contributed by atoms with Crippen LogP contribution in [0.1, 0.15) is 40.0 Å². The van der Waals surface area contributed by atoms with Crippen LogP contribution in [-0.4, -0.2) is 50.6 Å². The first kappa shape index (κ1) is 16.4. The molecule has 1 heterocycles. The van der Waals surface area contributed by atoms with E-state index < -0.39 is 5.54 Å². The zero-order valence-corrected chi connectivity index (χ0v) is 12.4. The maximum Gasteiger partial charge on any atom is 0.326 e. The highest BCUT2D eigenvalue weighted by Crippen LogP contribution is 2.16. The van der Waals surface area contributed by atoms with E-state index in [-0.39, 0.29) is 12.1 Å². The van der Waals surface area contributed by atoms with Crippen molar-refractivity contribution in [2.75, 3.05) is 33.0 Å². The van der Waals surface area contributed by atoms with Crippen LogP contribution in [0.15, 0.2) is 0 Å². The second kappa shape index (κ2) is 8.51. The fraction of sp³-hybridized carbons (Fsp3) is 0.929. The van der Waals surface area contributed by atoms with E-state index >= 15 is 0 Å². The van der Waals surface area contributed by atoms with Crippen molar-refractivity contribution in [1.29, 1.82) is 0 Å². The smallest absolute Gasteiger partial charge is 0.326 e. The lowest BCUT2D eigenvalue weighted by molar-refractivity contribution is -0.151. The minimum absolute atomic E-state index is 0.162. The molecule has 112 valence electrons. The molecule has 0 aromatic rings. The third-order valence-corrected chi connectivity index (χ3v) is 3.33. The Morgan fingerprint density at radius 2 is 2.11 bits per heavy atom. The predicted molar refractivity (Wildman–Crippen MR) is 73.1 cm³/mol. The number of hydrogen-bond donors (Lipinski definition) is 1. The number of nitrogens with one attached hydrogen (secondary N) is 1. The van der Waals surface area contributed by atoms with Crippen molar-refractivity contribution in [3.63, 3.8) is 0 Å². The normalized spacial score (nSPS) is 18.7. The van der Waals surface area contributed by atoms with Crippen LogP contribution >= 0.6 is 0 Å². The van der Waals surface area contributed by atoms with E-state index in [1.807, 2.05) is 20.8 Å². The van der Waals surface area contributed by atoms with Crippen LogP contribution in [0.2, 0.25) is 0 Å². The summed E-state index contributed by atoms with van der Waals surface area (Å²) in [5.41, 5.74) is -0.579. The second-order valence-corrected chi connectivity index (χ2v) is 5.07. The maximum absolute atomic E-state index is 11.9. The lowest BCUT2D eigenvalue weighted by Gasteiger charge is -2.28. The standard InChI is InChI=1S/C14H27NO4/c1-4-15-14(3,13(16)18-5-2)8-6-7-9-19-12-10-17-11-12/h12,15H,4-11H2,1-3H3. The van der Waals surface area contributed by atoms with Gasteiger partial charge >= 0.3 is 5.97 Å². The Morgan fingerprint density at radius 1 is 1.37 bits per heavy atom. The highest BCUT2D eigenvalue weighted by atomic mass is 16.6. The van der Waals surface area contributed by atoms with Gasteiger partial charge in [-0.05, 0) is 39.7 Å². The molecule has 1 atom stereocenters. The predicted octanol–water partition coefficient (Wildman–Crippen LogP) is 1.50. The van der Waals surface area contributed by atoms with Gasteiger partial charge in [-0.3, -0.25) is 4.79 Å². The van der Waals surface area contributed by atoms with Gasteiger partial charge in [0.05, 0.1) is 19.8 Å². The van der Waals surface area contributed by atoms with Crippen molar-refractivity contribution < 1.29 is 19.0 Å². The summed E-state index contributed by atoms with van der Waals surface area (Å²) >= 11 is 0. The molecule has 0 aromatic heterocycles. The van der Waals surface area contributed by atoms with Crippen LogP contribution in [0.25, 0.3) is 0 Å². The van der Waals surface area contributed by atoms with E-state index in [2.05, 4.69) is 5.32 Å². The average Bonchev–Trinajstić information content (AvgIpc) is 2.32. The van der Waals surface area contributed by atoms with E-state index in [0.717, 1.165) is 45.6 Å². The van der Waals surface area contributed by atoms with Crippen molar-refractivity contribution in [2.24, 2.45) is 0 Å². The number of esters is 1. The van der Waals surface area contributed by atoms with Gasteiger partial charge in [0.25, 0.3) is 0 Å². The van der Waals surface area contributed by atoms with Gasteiger partial charge < -0.3 is 19.5 Å². The molecule has 0 spiro atoms. The molecule has 1 aliphatic heterocycles. The lowest BCUT2D eigenvalue weighted by atomic mass is 9.95. The Hall–Kier alpha value is -0.650. The van der Waals surface area contributed by atoms with Gasteiger partial charge in [0.1, 0.15) is 11.6 Å². The van der Waals surface area contributed by atoms with Crippen LogP contribution in [-0.2, 0) is 19.0 Å². The molecule has 0 amide bonds. The monoisotopic (exact) mass is 273 g/mol. The second-order valence-electron chi connectivity index (χ2n) is 5.07. The molecule has 19 heavy (non-hydrogen) atoms. The molecule has 1 saturated heterocycles. The molecular formula is C14H27NO4. The van der Waals surface area contributed by atoms with Gasteiger partial charge in [0, 0.05) is 6.61 Å². The van der Waals surface area contributed by atoms with Gasteiger partial charge in [0.15, 0.2) is 0 Å². The molecule has 0 aromatic carbocycles. The van der Waals surface area contributed by atoms with Gasteiger partial charge in [-0.1, -0.05) is 6.92 Å². The highest BCUT2D eigenvalue weighted by Gasteiger charge is 2.33. The minimum Gasteiger partial charge on any atom is -0.465 e. The summed E-state index contributed by atoms with van der Waals surface area (Å²) in [6, 6.07) is 0. The molecule has 0 aliphatic carbocycles. The Bertz CT molecular complexity index is 268. The number of unbranched alkanes of at least 4 members (excludes halogenated alkanes) is 1. The van der Waals surface area contributed by atoms with E-state index in [0.29, 0.717) is 6.61 Å². The molecule has 0 bridgehead atoms. The van der Waals surface area contributed by atoms with Crippen molar-refractivity contribution in [2.45, 2.75) is 51.7 Å². The number of rotatable bonds is 10. The summed E-state index contributed by atoms with van der Waals surface area (Å²) in [4.78, 5) is 11.9. The summed E-state index contributed by atoms with van der Waals surface area (Å²) in [7, 11) is 0. The molecule has 1 aliphatic rings. The lowest BCUT2D eigenvalue weighted by Crippen LogP contribution is -2.50. The van der Waals surface area contributed by atoms with E-state index in [4.69, 9.17) is 14.2 Å². The van der Waals surface area contributed by atoms with Gasteiger partial charge in [-0.15, -0.1) is 0 Å². The maximum atomic E-state index is 11.9. The zero-order valence-electron chi connectivity index (χ0n) is 12.4. The third kappa shape index (κ3) is 5.47. The van der Waals surface area contributed by atoms with Crippen molar-refractivity contribution >= 4 is 5.97 Å². The Balaban J connectivity index is 2.21. The third-order valence-electron chi connectivity index (χ3n) is 3.33. The molecule has 5 heteroatoms. The Kier molecular flexibility index (Phi) is 7.34. The fourth-order valence-electron chi connectivity index (χ4n) is 2.08. The van der Waals surface area contributed by atoms with E-state index in [9.17, 15) is 4.79 Å². The van der Waals surface area contributed by atoms with E-state index in [1.165, 1.54) is 0 Å². The van der Waals surface area contributed by atoms with Crippen LogP contribution in [0.5, 0.6) is 0 Å². The summed E-state index contributed by atoms with van der Waals surface area (Å²) in [5, 5.41) is 3.23. The number of hydrogen-bond acceptors (Lipinski definition) is 5. The molecule has 5 nitrogen and oxygen atoms in total. The first-order valence-electron chi connectivity index (χ1n) is 7.24. The van der Waals surface area contributed by atoms with Gasteiger partial charge in [-0.25, -0.2) is 0 Å². The summed E-state index contributed by atoms with van der Waals surface area (Å²) in [6.45, 7) is 9.09. The number of ether oxygens (including phenoxy) is 3. The summed E-state index contributed by atoms with van der Waals surface area (Å²) in [6.07, 6.45) is 2.95. The molecule has 1 fully saturated rings. The molecule has 0 saturated carbocycles. The SMILES string of the molecule is CCNC(C)(CCCCOC1COC1)C(=O)OCC. The zero-order chi connectivity index (χ0) is 14.1. The minimum atomic E-state index is -0.579. The average molecular weight is 273 g/mol. The van der Waals surface area contributed by atoms with Crippen LogP contribution < -0.4 is 5.32 Å². The summed E-state index contributed by atoms with van der Waals surface area (Å²) < 4.78 is 15.8. The molecular weight excluding hydrogens is 246 g/mol. The molecule has 1 unspecified atom stereocenters. The molecule has 1 rings (SSSR count). The Morgan fingerprint density at radius 3 is 2.63 bits per heavy atom. The van der Waals surface area contributed by atoms with Gasteiger partial charge in [-0.2, -0.15) is 0 Å². The largest absolute Gasteiger partial charge is 0.465 e. The quantitative estimate of drug-likeness (QED) is 0.483. The highest BCUT2D eigenvalue weighted by molar-refractivity contribution is 5.80. The fourth-order valence-corrected chi connectivity index (χ4v) is 2.08.